The van der Waals surface area contributed by atoms with Crippen LogP contribution < -0.4 is 38.5 Å². The summed E-state index contributed by atoms with van der Waals surface area (Å²) in [5, 5.41) is 12.0. The number of nitrogens with zero attached hydrogens (tertiary/aromatic N) is 2. The topological polar surface area (TPSA) is 276 Å². The second kappa shape index (κ2) is 19.5. The molecule has 0 aliphatic carbocycles. The minimum atomic E-state index is -1.19. The number of amides is 6. The van der Waals surface area contributed by atoms with Crippen molar-refractivity contribution in [1.29, 1.82) is 0 Å². The molecule has 1 saturated heterocycles. The molecule has 17 heteroatoms. The van der Waals surface area contributed by atoms with Crippen molar-refractivity contribution in [2.24, 2.45) is 17.2 Å². The van der Waals surface area contributed by atoms with Crippen LogP contribution in [0, 0.1) is 0 Å². The molecule has 12 N–H and O–H groups in total. The number of likely N-dealkylation sites (tertiary alicyclic amines) is 1. The predicted octanol–water partition coefficient (Wildman–Crippen LogP) is -0.579. The van der Waals surface area contributed by atoms with E-state index >= 15 is 0 Å². The smallest absolute Gasteiger partial charge is 0.243 e. The first-order valence-corrected chi connectivity index (χ1v) is 18.8. The van der Waals surface area contributed by atoms with Crippen molar-refractivity contribution in [2.75, 3.05) is 13.1 Å². The zero-order valence-electron chi connectivity index (χ0n) is 31.3. The number of hydrogen-bond donors (Lipinski definition) is 9. The highest BCUT2D eigenvalue weighted by Crippen LogP contribution is 2.20. The van der Waals surface area contributed by atoms with Crippen LogP contribution in [-0.2, 0) is 48.0 Å². The van der Waals surface area contributed by atoms with E-state index in [1.54, 1.807) is 31.5 Å². The lowest BCUT2D eigenvalue weighted by Crippen LogP contribution is -2.59. The number of imidazole rings is 1. The van der Waals surface area contributed by atoms with Crippen molar-refractivity contribution >= 4 is 46.3 Å². The number of nitrogens with two attached hydrogens (primary N) is 3. The maximum atomic E-state index is 14.3. The Morgan fingerprint density at radius 3 is 2.23 bits per heavy atom. The molecule has 4 aromatic rings. The summed E-state index contributed by atoms with van der Waals surface area (Å²) in [5.74, 6) is -3.40. The summed E-state index contributed by atoms with van der Waals surface area (Å²) in [5.41, 5.74) is 20.3. The Hall–Kier alpha value is -6.07. The number of aromatic amines is 2. The van der Waals surface area contributed by atoms with Crippen LogP contribution in [0.3, 0.4) is 0 Å². The van der Waals surface area contributed by atoms with E-state index in [1.165, 1.54) is 11.2 Å². The molecule has 0 radical (unpaired) electrons. The van der Waals surface area contributed by atoms with Crippen LogP contribution >= 0.6 is 0 Å². The van der Waals surface area contributed by atoms with Crippen molar-refractivity contribution < 1.29 is 28.8 Å². The number of carbonyl (C=O) groups is 6. The molecule has 0 spiro atoms. The largest absolute Gasteiger partial charge is 0.368 e. The third-order valence-electron chi connectivity index (χ3n) is 9.94. The van der Waals surface area contributed by atoms with Gasteiger partial charge in [-0.15, -0.1) is 0 Å². The number of aromatic nitrogens is 3. The van der Waals surface area contributed by atoms with Crippen LogP contribution in [0.25, 0.3) is 10.9 Å². The highest BCUT2D eigenvalue weighted by Gasteiger charge is 2.38. The van der Waals surface area contributed by atoms with Gasteiger partial charge < -0.3 is 53.3 Å². The van der Waals surface area contributed by atoms with E-state index in [1.807, 2.05) is 42.5 Å². The third-order valence-corrected chi connectivity index (χ3v) is 9.94. The molecule has 5 rings (SSSR count). The van der Waals surface area contributed by atoms with E-state index in [-0.39, 0.29) is 44.6 Å². The van der Waals surface area contributed by atoms with Gasteiger partial charge in [-0.1, -0.05) is 48.5 Å². The molecule has 6 amide bonds. The lowest BCUT2D eigenvalue weighted by Gasteiger charge is -2.28. The first kappa shape index (κ1) is 41.1. The third kappa shape index (κ3) is 11.0. The Morgan fingerprint density at radius 2 is 1.54 bits per heavy atom. The van der Waals surface area contributed by atoms with Gasteiger partial charge in [-0.3, -0.25) is 28.8 Å². The standard InChI is InChI=1S/C39H51N11O6/c1-23(50-21-27(18-34(50)51)46-37(54)29(41)17-26-20-43-22-45-26)36(53)48-33(16-25-19-44-30-12-6-5-11-28(25)30)39(56)49-32(15-24-9-3-2-4-10-24)38(55)47-31(35(42)52)13-7-8-14-40/h2-6,9-12,19-20,22-23,27,29,31-33,44H,7-8,13-18,21,40-41H2,1H3,(H2,42,52)(H,43,45)(H,46,54)(H,47,55)(H,48,53)(H,49,56)/t23-,27-,29-,31-,32+,33-/m0/s1. The summed E-state index contributed by atoms with van der Waals surface area (Å²) in [6.45, 7) is 2.02. The fourth-order valence-electron chi connectivity index (χ4n) is 6.78. The number of primary amides is 1. The number of nitrogens with one attached hydrogen (secondary N) is 6. The highest BCUT2D eigenvalue weighted by molar-refractivity contribution is 5.96. The molecule has 17 nitrogen and oxygen atoms in total. The molecule has 6 atom stereocenters. The van der Waals surface area contributed by atoms with Gasteiger partial charge in [-0.05, 0) is 49.9 Å². The van der Waals surface area contributed by atoms with E-state index < -0.39 is 65.8 Å². The minimum absolute atomic E-state index is 0.0335. The molecule has 0 bridgehead atoms. The molecule has 1 aliphatic heterocycles. The zero-order chi connectivity index (χ0) is 40.2. The van der Waals surface area contributed by atoms with Crippen molar-refractivity contribution in [3.8, 4) is 0 Å². The predicted molar refractivity (Wildman–Crippen MR) is 208 cm³/mol. The van der Waals surface area contributed by atoms with Gasteiger partial charge >= 0.3 is 0 Å². The highest BCUT2D eigenvalue weighted by atomic mass is 16.2. The Labute approximate surface area is 324 Å². The Morgan fingerprint density at radius 1 is 0.857 bits per heavy atom. The summed E-state index contributed by atoms with van der Waals surface area (Å²) in [4.78, 5) is 91.6. The lowest BCUT2D eigenvalue weighted by molar-refractivity contribution is -0.138. The van der Waals surface area contributed by atoms with E-state index in [4.69, 9.17) is 17.2 Å². The molecule has 2 aromatic carbocycles. The molecule has 2 aromatic heterocycles. The van der Waals surface area contributed by atoms with Gasteiger partial charge in [0, 0.05) is 61.2 Å². The van der Waals surface area contributed by atoms with E-state index in [9.17, 15) is 28.8 Å². The van der Waals surface area contributed by atoms with Gasteiger partial charge in [0.25, 0.3) is 0 Å². The van der Waals surface area contributed by atoms with Crippen molar-refractivity contribution in [3.63, 3.8) is 0 Å². The van der Waals surface area contributed by atoms with Gasteiger partial charge in [-0.25, -0.2) is 4.98 Å². The van der Waals surface area contributed by atoms with Crippen molar-refractivity contribution in [3.05, 3.63) is 90.1 Å². The number of rotatable bonds is 20. The maximum Gasteiger partial charge on any atom is 0.243 e. The second-order valence-corrected chi connectivity index (χ2v) is 14.1. The molecule has 1 fully saturated rings. The monoisotopic (exact) mass is 769 g/mol. The van der Waals surface area contributed by atoms with Crippen LogP contribution in [0.1, 0.15) is 49.4 Å². The van der Waals surface area contributed by atoms with Crippen molar-refractivity contribution in [2.45, 2.75) is 88.1 Å². The summed E-state index contributed by atoms with van der Waals surface area (Å²) in [7, 11) is 0. The van der Waals surface area contributed by atoms with Crippen LogP contribution in [0.2, 0.25) is 0 Å². The van der Waals surface area contributed by atoms with E-state index in [0.717, 1.165) is 22.0 Å². The van der Waals surface area contributed by atoms with Gasteiger partial charge in [0.2, 0.25) is 35.4 Å². The SMILES string of the molecule is C[C@@H](C(=O)N[C@@H](Cc1c[nH]c2ccccc12)C(=O)N[C@H](Cc1ccccc1)C(=O)N[C@@H](CCCCN)C(N)=O)N1C[C@@H](NC(=O)[C@@H](N)Cc2cnc[nH]2)CC1=O. The molecule has 298 valence electrons. The number of unbranched alkanes of at least 4 members (excludes halogenated alkanes) is 1. The molecule has 0 saturated carbocycles. The number of H-pyrrole nitrogens is 2. The first-order chi connectivity index (χ1) is 26.9. The van der Waals surface area contributed by atoms with Gasteiger partial charge in [0.1, 0.15) is 24.2 Å². The number of para-hydroxylation sites is 1. The Balaban J connectivity index is 1.32. The molecule has 56 heavy (non-hydrogen) atoms. The quantitative estimate of drug-likeness (QED) is 0.0520. The molecule has 3 heterocycles. The van der Waals surface area contributed by atoms with Gasteiger partial charge in [-0.2, -0.15) is 0 Å². The number of carbonyl (C=O) groups excluding carboxylic acids is 6. The van der Waals surface area contributed by atoms with E-state index in [2.05, 4.69) is 36.2 Å². The van der Waals surface area contributed by atoms with Crippen molar-refractivity contribution in [1.82, 2.24) is 41.1 Å². The fourth-order valence-corrected chi connectivity index (χ4v) is 6.78. The van der Waals surface area contributed by atoms with E-state index in [0.29, 0.717) is 25.1 Å². The fraction of sp³-hybridized carbons (Fsp3) is 0.410. The van der Waals surface area contributed by atoms with Gasteiger partial charge in [0.15, 0.2) is 0 Å². The lowest BCUT2D eigenvalue weighted by atomic mass is 10.0. The number of hydrogen-bond acceptors (Lipinski definition) is 9. The van der Waals surface area contributed by atoms with Gasteiger partial charge in [0.05, 0.1) is 18.4 Å². The average molecular weight is 770 g/mol. The molecular formula is C39H51N11O6. The molecule has 0 unspecified atom stereocenters. The van der Waals surface area contributed by atoms with Crippen LogP contribution in [0.4, 0.5) is 0 Å². The average Bonchev–Trinajstić information content (AvgIpc) is 3.94. The molecular weight excluding hydrogens is 718 g/mol. The maximum absolute atomic E-state index is 14.3. The Bertz CT molecular complexity index is 1970. The number of fused-ring (bicyclic) bond motifs is 1. The normalized spacial score (nSPS) is 16.7. The second-order valence-electron chi connectivity index (χ2n) is 14.1. The zero-order valence-corrected chi connectivity index (χ0v) is 31.3. The summed E-state index contributed by atoms with van der Waals surface area (Å²) in [6, 6.07) is 10.7. The summed E-state index contributed by atoms with van der Waals surface area (Å²) in [6.07, 6.45) is 6.60. The molecule has 1 aliphatic rings. The minimum Gasteiger partial charge on any atom is -0.368 e. The summed E-state index contributed by atoms with van der Waals surface area (Å²) >= 11 is 0. The Kier molecular flexibility index (Phi) is 14.3. The van der Waals surface area contributed by atoms with Crippen LogP contribution in [0.5, 0.6) is 0 Å². The first-order valence-electron chi connectivity index (χ1n) is 18.8. The summed E-state index contributed by atoms with van der Waals surface area (Å²) < 4.78 is 0. The van der Waals surface area contributed by atoms with Crippen LogP contribution in [0.15, 0.2) is 73.3 Å². The van der Waals surface area contributed by atoms with Crippen LogP contribution in [-0.4, -0.2) is 105 Å². The number of benzene rings is 2.